The Balaban J connectivity index is 1.97. The van der Waals surface area contributed by atoms with Crippen LogP contribution < -0.4 is 0 Å². The van der Waals surface area contributed by atoms with E-state index in [1.165, 1.54) is 5.56 Å². The van der Waals surface area contributed by atoms with Crippen molar-refractivity contribution in [1.29, 1.82) is 0 Å². The van der Waals surface area contributed by atoms with E-state index in [-0.39, 0.29) is 24.2 Å². The van der Waals surface area contributed by atoms with Gasteiger partial charge in [0.1, 0.15) is 12.4 Å². The lowest BCUT2D eigenvalue weighted by molar-refractivity contribution is -0.141. The number of Topliss-reactive ketones (excluding diaryl/α,β-unsaturated/α-hetero) is 1. The Morgan fingerprint density at radius 3 is 2.54 bits per heavy atom. The minimum atomic E-state index is -0.400. The Kier molecular flexibility index (Phi) is 6.79. The van der Waals surface area contributed by atoms with E-state index in [1.807, 2.05) is 26.0 Å². The number of esters is 1. The van der Waals surface area contributed by atoms with Gasteiger partial charge in [-0.15, -0.1) is 0 Å². The lowest BCUT2D eigenvalue weighted by atomic mass is 9.69. The molecule has 1 aliphatic carbocycles. The minimum Gasteiger partial charge on any atom is -0.460 e. The average molecular weight is 383 g/mol. The van der Waals surface area contributed by atoms with Crippen LogP contribution in [0.4, 0.5) is 0 Å². The van der Waals surface area contributed by atoms with Crippen molar-refractivity contribution in [1.82, 2.24) is 0 Å². The maximum atomic E-state index is 12.9. The molecule has 1 heterocycles. The van der Waals surface area contributed by atoms with Crippen LogP contribution in [-0.4, -0.2) is 37.3 Å². The average Bonchev–Trinajstić information content (AvgIpc) is 2.70. The largest absolute Gasteiger partial charge is 0.460 e. The van der Waals surface area contributed by atoms with Crippen molar-refractivity contribution in [3.05, 3.63) is 46.7 Å². The predicted molar refractivity (Wildman–Crippen MR) is 108 cm³/mol. The second kappa shape index (κ2) is 9.28. The van der Waals surface area contributed by atoms with Gasteiger partial charge in [0.25, 0.3) is 0 Å². The van der Waals surface area contributed by atoms with Crippen LogP contribution in [0.25, 0.3) is 0 Å². The maximum absolute atomic E-state index is 12.9. The summed E-state index contributed by atoms with van der Waals surface area (Å²) in [7, 11) is 0. The maximum Gasteiger partial charge on any atom is 0.336 e. The fourth-order valence-corrected chi connectivity index (χ4v) is 4.12. The summed E-state index contributed by atoms with van der Waals surface area (Å²) < 4.78 is 10.7. The van der Waals surface area contributed by atoms with Crippen LogP contribution in [0.5, 0.6) is 0 Å². The summed E-state index contributed by atoms with van der Waals surface area (Å²) in [5, 5.41) is 0. The molecule has 1 fully saturated rings. The number of aliphatic imine (C=N–C) groups is 1. The SMILES string of the molecule is CCOCCOC(=O)C1=C(C)N=C2CCCC(=O)C2[C@@H]1c1ccc(CC)cc1. The Bertz CT molecular complexity index is 791. The topological polar surface area (TPSA) is 65.0 Å². The number of allylic oxidation sites excluding steroid dienone is 1. The quantitative estimate of drug-likeness (QED) is 0.527. The van der Waals surface area contributed by atoms with Crippen LogP contribution in [-0.2, 0) is 25.5 Å². The summed E-state index contributed by atoms with van der Waals surface area (Å²) in [6.07, 6.45) is 3.13. The Morgan fingerprint density at radius 1 is 1.11 bits per heavy atom. The zero-order valence-corrected chi connectivity index (χ0v) is 17.0. The second-order valence-corrected chi connectivity index (χ2v) is 7.31. The van der Waals surface area contributed by atoms with Crippen LogP contribution in [0.15, 0.2) is 40.5 Å². The lowest BCUT2D eigenvalue weighted by Crippen LogP contribution is -2.39. The zero-order valence-electron chi connectivity index (χ0n) is 17.0. The van der Waals surface area contributed by atoms with E-state index in [0.717, 1.165) is 30.5 Å². The standard InChI is InChI=1S/C23H29NO4/c1-4-16-9-11-17(12-10-16)21-20(23(26)28-14-13-27-5-2)15(3)24-18-7-6-8-19(25)22(18)21/h9-12,21-22H,4-8,13-14H2,1-3H3/t21-,22?/m1/s1. The van der Waals surface area contributed by atoms with E-state index in [1.54, 1.807) is 0 Å². The molecule has 1 aliphatic heterocycles. The highest BCUT2D eigenvalue weighted by atomic mass is 16.6. The normalized spacial score (nSPS) is 22.0. The number of rotatable bonds is 7. The molecule has 0 radical (unpaired) electrons. The van der Waals surface area contributed by atoms with Gasteiger partial charge in [0.2, 0.25) is 0 Å². The molecule has 1 aromatic carbocycles. The number of aryl methyl sites for hydroxylation is 1. The molecule has 2 aliphatic rings. The molecule has 1 unspecified atom stereocenters. The van der Waals surface area contributed by atoms with Gasteiger partial charge in [-0.3, -0.25) is 9.79 Å². The van der Waals surface area contributed by atoms with Crippen molar-refractivity contribution in [3.63, 3.8) is 0 Å². The van der Waals surface area contributed by atoms with Crippen molar-refractivity contribution in [2.75, 3.05) is 19.8 Å². The number of benzene rings is 1. The molecule has 1 saturated carbocycles. The van der Waals surface area contributed by atoms with E-state index < -0.39 is 5.97 Å². The van der Waals surface area contributed by atoms with Crippen molar-refractivity contribution in [2.45, 2.75) is 52.4 Å². The van der Waals surface area contributed by atoms with Crippen LogP contribution in [0.3, 0.4) is 0 Å². The molecule has 5 heteroatoms. The van der Waals surface area contributed by atoms with Crippen molar-refractivity contribution in [2.24, 2.45) is 10.9 Å². The Hall–Kier alpha value is -2.27. The van der Waals surface area contributed by atoms with Gasteiger partial charge < -0.3 is 9.47 Å². The highest BCUT2D eigenvalue weighted by Gasteiger charge is 2.43. The molecule has 150 valence electrons. The molecule has 0 saturated heterocycles. The minimum absolute atomic E-state index is 0.168. The molecule has 3 rings (SSSR count). The number of hydrogen-bond acceptors (Lipinski definition) is 5. The van der Waals surface area contributed by atoms with Gasteiger partial charge in [-0.25, -0.2) is 4.79 Å². The van der Waals surface area contributed by atoms with Crippen LogP contribution in [0.1, 0.15) is 57.1 Å². The molecule has 0 N–H and O–H groups in total. The third-order valence-electron chi connectivity index (χ3n) is 5.54. The number of nitrogens with zero attached hydrogens (tertiary/aromatic N) is 1. The van der Waals surface area contributed by atoms with Gasteiger partial charge in [0, 0.05) is 30.4 Å². The van der Waals surface area contributed by atoms with E-state index in [0.29, 0.717) is 30.9 Å². The molecule has 0 aromatic heterocycles. The number of ether oxygens (including phenoxy) is 2. The molecule has 1 aromatic rings. The van der Waals surface area contributed by atoms with Crippen molar-refractivity contribution < 1.29 is 19.1 Å². The fraction of sp³-hybridized carbons (Fsp3) is 0.522. The van der Waals surface area contributed by atoms with E-state index in [4.69, 9.17) is 9.47 Å². The van der Waals surface area contributed by atoms with Crippen molar-refractivity contribution >= 4 is 17.5 Å². The molecule has 0 bridgehead atoms. The summed E-state index contributed by atoms with van der Waals surface area (Å²) >= 11 is 0. The summed E-state index contributed by atoms with van der Waals surface area (Å²) in [5.41, 5.74) is 4.27. The molecule has 28 heavy (non-hydrogen) atoms. The first-order valence-electron chi connectivity index (χ1n) is 10.2. The molecular formula is C23H29NO4. The Morgan fingerprint density at radius 2 is 1.86 bits per heavy atom. The Labute approximate surface area is 166 Å². The molecule has 5 nitrogen and oxygen atoms in total. The smallest absolute Gasteiger partial charge is 0.336 e. The summed E-state index contributed by atoms with van der Waals surface area (Å²) in [6.45, 7) is 6.99. The number of carbonyl (C=O) groups is 2. The molecular weight excluding hydrogens is 354 g/mol. The fourth-order valence-electron chi connectivity index (χ4n) is 4.12. The molecule has 0 spiro atoms. The second-order valence-electron chi connectivity index (χ2n) is 7.31. The van der Waals surface area contributed by atoms with Gasteiger partial charge in [0.15, 0.2) is 0 Å². The highest BCUT2D eigenvalue weighted by Crippen LogP contribution is 2.43. The van der Waals surface area contributed by atoms with Gasteiger partial charge >= 0.3 is 5.97 Å². The molecule has 0 amide bonds. The zero-order chi connectivity index (χ0) is 20.1. The van der Waals surface area contributed by atoms with Crippen molar-refractivity contribution in [3.8, 4) is 0 Å². The van der Waals surface area contributed by atoms with Crippen LogP contribution in [0.2, 0.25) is 0 Å². The summed E-state index contributed by atoms with van der Waals surface area (Å²) in [6, 6.07) is 8.22. The van der Waals surface area contributed by atoms with E-state index >= 15 is 0 Å². The first kappa shape index (κ1) is 20.5. The predicted octanol–water partition coefficient (Wildman–Crippen LogP) is 4.01. The third-order valence-corrected chi connectivity index (χ3v) is 5.54. The van der Waals surface area contributed by atoms with E-state index in [2.05, 4.69) is 24.0 Å². The van der Waals surface area contributed by atoms with Gasteiger partial charge in [0.05, 0.1) is 18.1 Å². The summed E-state index contributed by atoms with van der Waals surface area (Å²) in [4.78, 5) is 30.4. The van der Waals surface area contributed by atoms with Gasteiger partial charge in [-0.1, -0.05) is 31.2 Å². The van der Waals surface area contributed by atoms with E-state index in [9.17, 15) is 9.59 Å². The van der Waals surface area contributed by atoms with Gasteiger partial charge in [-0.2, -0.15) is 0 Å². The first-order chi connectivity index (χ1) is 13.6. The summed E-state index contributed by atoms with van der Waals surface area (Å²) in [5.74, 6) is -0.921. The number of carbonyl (C=O) groups excluding carboxylic acids is 2. The van der Waals surface area contributed by atoms with Gasteiger partial charge in [-0.05, 0) is 44.2 Å². The van der Waals surface area contributed by atoms with Crippen LogP contribution in [0, 0.1) is 5.92 Å². The number of hydrogen-bond donors (Lipinski definition) is 0. The number of fused-ring (bicyclic) bond motifs is 1. The number of ketones is 1. The molecule has 2 atom stereocenters. The lowest BCUT2D eigenvalue weighted by Gasteiger charge is -2.35. The van der Waals surface area contributed by atoms with Crippen LogP contribution >= 0.6 is 0 Å². The first-order valence-corrected chi connectivity index (χ1v) is 10.2. The monoisotopic (exact) mass is 383 g/mol. The third kappa shape index (κ3) is 4.25. The highest BCUT2D eigenvalue weighted by molar-refractivity contribution is 6.11.